The van der Waals surface area contributed by atoms with E-state index in [-0.39, 0.29) is 0 Å². The van der Waals surface area contributed by atoms with Crippen molar-refractivity contribution in [2.24, 2.45) is 17.8 Å². The lowest BCUT2D eigenvalue weighted by atomic mass is 9.75. The van der Waals surface area contributed by atoms with E-state index in [1.54, 1.807) is 0 Å². The fourth-order valence-electron chi connectivity index (χ4n) is 2.81. The summed E-state index contributed by atoms with van der Waals surface area (Å²) in [5.74, 6) is 3.13. The smallest absolute Gasteiger partial charge is 0.0999 e. The van der Waals surface area contributed by atoms with Crippen LogP contribution in [-0.4, -0.2) is 6.61 Å². The van der Waals surface area contributed by atoms with Gasteiger partial charge in [-0.25, -0.2) is 0 Å². The Hall–Kier alpha value is -1.24. The fourth-order valence-corrected chi connectivity index (χ4v) is 2.81. The third-order valence-corrected chi connectivity index (χ3v) is 3.64. The van der Waals surface area contributed by atoms with E-state index in [4.69, 9.17) is 4.74 Å². The largest absolute Gasteiger partial charge is 0.497 e. The van der Waals surface area contributed by atoms with Crippen LogP contribution in [0.1, 0.15) is 12.8 Å². The van der Waals surface area contributed by atoms with Gasteiger partial charge in [-0.05, 0) is 24.8 Å². The molecule has 0 spiro atoms. The van der Waals surface area contributed by atoms with Crippen molar-refractivity contribution in [3.05, 3.63) is 48.3 Å². The van der Waals surface area contributed by atoms with Gasteiger partial charge in [0.2, 0.25) is 0 Å². The highest BCUT2D eigenvalue weighted by Crippen LogP contribution is 2.41. The highest BCUT2D eigenvalue weighted by Gasteiger charge is 2.35. The predicted molar refractivity (Wildman–Crippen MR) is 61.2 cm³/mol. The third kappa shape index (κ3) is 1.56. The quantitative estimate of drug-likeness (QED) is 0.583. The summed E-state index contributed by atoms with van der Waals surface area (Å²) in [4.78, 5) is 0. The summed E-state index contributed by atoms with van der Waals surface area (Å²) in [6, 6.07) is 0. The summed E-state index contributed by atoms with van der Waals surface area (Å²) in [6.45, 7) is 0.884. The van der Waals surface area contributed by atoms with Crippen molar-refractivity contribution >= 4 is 0 Å². The maximum Gasteiger partial charge on any atom is 0.0999 e. The van der Waals surface area contributed by atoms with Crippen LogP contribution in [0.5, 0.6) is 0 Å². The summed E-state index contributed by atoms with van der Waals surface area (Å²) in [5, 5.41) is 0. The number of rotatable bonds is 0. The number of hydrogen-bond acceptors (Lipinski definition) is 1. The summed E-state index contributed by atoms with van der Waals surface area (Å²) in [5.41, 5.74) is 0. The van der Waals surface area contributed by atoms with Gasteiger partial charge in [0.05, 0.1) is 12.4 Å². The van der Waals surface area contributed by atoms with E-state index in [9.17, 15) is 0 Å². The van der Waals surface area contributed by atoms with E-state index in [2.05, 4.69) is 42.5 Å². The Labute approximate surface area is 90.8 Å². The van der Waals surface area contributed by atoms with E-state index >= 15 is 0 Å². The van der Waals surface area contributed by atoms with Crippen LogP contribution in [0, 0.1) is 17.8 Å². The Morgan fingerprint density at radius 2 is 2.00 bits per heavy atom. The second-order valence-corrected chi connectivity index (χ2v) is 4.54. The van der Waals surface area contributed by atoms with Gasteiger partial charge in [-0.3, -0.25) is 0 Å². The Morgan fingerprint density at radius 3 is 3.00 bits per heavy atom. The van der Waals surface area contributed by atoms with E-state index < -0.39 is 0 Å². The number of ether oxygens (including phenoxy) is 1. The zero-order chi connectivity index (χ0) is 10.1. The molecule has 1 fully saturated rings. The molecule has 0 aromatic carbocycles. The topological polar surface area (TPSA) is 9.23 Å². The van der Waals surface area contributed by atoms with Crippen LogP contribution in [0.15, 0.2) is 48.3 Å². The Kier molecular flexibility index (Phi) is 2.24. The molecular formula is C14H16O. The highest BCUT2D eigenvalue weighted by atomic mass is 16.5. The predicted octanol–water partition coefficient (Wildman–Crippen LogP) is 3.23. The van der Waals surface area contributed by atoms with Gasteiger partial charge in [0.25, 0.3) is 0 Å². The molecule has 0 radical (unpaired) electrons. The van der Waals surface area contributed by atoms with Crippen LogP contribution in [-0.2, 0) is 4.74 Å². The van der Waals surface area contributed by atoms with Crippen LogP contribution in [0.25, 0.3) is 0 Å². The van der Waals surface area contributed by atoms with E-state index in [1.807, 2.05) is 0 Å². The molecule has 0 aromatic rings. The summed E-state index contributed by atoms with van der Waals surface area (Å²) in [6.07, 6.45) is 17.8. The monoisotopic (exact) mass is 200 g/mol. The van der Waals surface area contributed by atoms with E-state index in [0.29, 0.717) is 17.8 Å². The highest BCUT2D eigenvalue weighted by molar-refractivity contribution is 5.23. The molecule has 15 heavy (non-hydrogen) atoms. The molecule has 1 aliphatic heterocycles. The molecule has 3 atom stereocenters. The molecule has 78 valence electrons. The lowest BCUT2D eigenvalue weighted by Gasteiger charge is -2.38. The molecular weight excluding hydrogens is 184 g/mol. The summed E-state index contributed by atoms with van der Waals surface area (Å²) in [7, 11) is 0. The maximum atomic E-state index is 5.85. The van der Waals surface area contributed by atoms with Crippen molar-refractivity contribution in [1.82, 2.24) is 0 Å². The number of hydrogen-bond donors (Lipinski definition) is 0. The van der Waals surface area contributed by atoms with Crippen molar-refractivity contribution < 1.29 is 4.74 Å². The molecule has 0 N–H and O–H groups in total. The van der Waals surface area contributed by atoms with E-state index in [0.717, 1.165) is 19.4 Å². The summed E-state index contributed by atoms with van der Waals surface area (Å²) >= 11 is 0. The Morgan fingerprint density at radius 1 is 1.07 bits per heavy atom. The van der Waals surface area contributed by atoms with Gasteiger partial charge < -0.3 is 4.74 Å². The molecule has 1 heteroatoms. The molecule has 0 bridgehead atoms. The second kappa shape index (κ2) is 3.73. The molecule has 0 amide bonds. The first-order valence-corrected chi connectivity index (χ1v) is 5.78. The lowest BCUT2D eigenvalue weighted by Crippen LogP contribution is -2.33. The maximum absolute atomic E-state index is 5.85. The van der Waals surface area contributed by atoms with Crippen molar-refractivity contribution in [1.29, 1.82) is 0 Å². The molecule has 3 unspecified atom stereocenters. The van der Waals surface area contributed by atoms with Gasteiger partial charge in [-0.1, -0.05) is 36.5 Å². The first-order chi connectivity index (χ1) is 7.45. The van der Waals surface area contributed by atoms with Crippen molar-refractivity contribution in [2.75, 3.05) is 6.61 Å². The van der Waals surface area contributed by atoms with Crippen LogP contribution >= 0.6 is 0 Å². The lowest BCUT2D eigenvalue weighted by molar-refractivity contribution is 0.0482. The molecule has 1 nitrogen and oxygen atoms in total. The average molecular weight is 200 g/mol. The van der Waals surface area contributed by atoms with Gasteiger partial charge in [-0.2, -0.15) is 0 Å². The summed E-state index contributed by atoms with van der Waals surface area (Å²) < 4.78 is 5.85. The van der Waals surface area contributed by atoms with Crippen molar-refractivity contribution in [3.63, 3.8) is 0 Å². The Bertz CT molecular complexity index is 360. The minimum atomic E-state index is 0.588. The number of allylic oxidation sites excluding steroid dienone is 8. The van der Waals surface area contributed by atoms with Crippen LogP contribution < -0.4 is 0 Å². The van der Waals surface area contributed by atoms with Gasteiger partial charge in [0.15, 0.2) is 0 Å². The minimum absolute atomic E-state index is 0.588. The first-order valence-electron chi connectivity index (χ1n) is 5.78. The molecule has 1 saturated heterocycles. The van der Waals surface area contributed by atoms with Crippen LogP contribution in [0.4, 0.5) is 0 Å². The van der Waals surface area contributed by atoms with Crippen LogP contribution in [0.3, 0.4) is 0 Å². The minimum Gasteiger partial charge on any atom is -0.497 e. The molecule has 0 saturated carbocycles. The van der Waals surface area contributed by atoms with Crippen molar-refractivity contribution in [3.8, 4) is 0 Å². The SMILES string of the molecule is C1=CCC2COC3=CC=CCC3C2C=C1. The number of fused-ring (bicyclic) bond motifs is 3. The Balaban J connectivity index is 1.90. The molecule has 0 aromatic heterocycles. The molecule has 1 heterocycles. The normalized spacial score (nSPS) is 37.3. The fraction of sp³-hybridized carbons (Fsp3) is 0.429. The zero-order valence-corrected chi connectivity index (χ0v) is 8.80. The second-order valence-electron chi connectivity index (χ2n) is 4.54. The molecule has 3 aliphatic rings. The van der Waals surface area contributed by atoms with Gasteiger partial charge >= 0.3 is 0 Å². The van der Waals surface area contributed by atoms with E-state index in [1.165, 1.54) is 5.76 Å². The van der Waals surface area contributed by atoms with Crippen LogP contribution in [0.2, 0.25) is 0 Å². The van der Waals surface area contributed by atoms with Crippen molar-refractivity contribution in [2.45, 2.75) is 12.8 Å². The standard InChI is InChI=1S/C14H16O/c1-2-6-11-10-15-14-9-5-4-8-13(14)12(11)7-3-1/h1-5,7,9,11-13H,6,8,10H2. The zero-order valence-electron chi connectivity index (χ0n) is 8.80. The van der Waals surface area contributed by atoms with Gasteiger partial charge in [-0.15, -0.1) is 0 Å². The van der Waals surface area contributed by atoms with Gasteiger partial charge in [0, 0.05) is 11.8 Å². The first kappa shape index (κ1) is 9.02. The molecule has 2 aliphatic carbocycles. The van der Waals surface area contributed by atoms with Gasteiger partial charge in [0.1, 0.15) is 0 Å². The molecule has 3 rings (SSSR count). The third-order valence-electron chi connectivity index (χ3n) is 3.64. The average Bonchev–Trinajstić information content (AvgIpc) is 2.54.